The van der Waals surface area contributed by atoms with Gasteiger partial charge in [0.25, 0.3) is 0 Å². The van der Waals surface area contributed by atoms with Crippen LogP contribution in [0.25, 0.3) is 11.8 Å². The summed E-state index contributed by atoms with van der Waals surface area (Å²) in [5.41, 5.74) is 3.09. The second kappa shape index (κ2) is 10.6. The molecule has 0 bridgehead atoms. The number of rotatable bonds is 5. The van der Waals surface area contributed by atoms with E-state index in [0.717, 1.165) is 37.0 Å². The first-order valence-electron chi connectivity index (χ1n) is 9.86. The lowest BCUT2D eigenvalue weighted by Crippen LogP contribution is -2.46. The number of benzene rings is 1. The lowest BCUT2D eigenvalue weighted by Gasteiger charge is -2.35. The normalized spacial score (nSPS) is 14.7. The van der Waals surface area contributed by atoms with Crippen LogP contribution in [0.5, 0.6) is 0 Å². The Hall–Kier alpha value is -2.19. The zero-order chi connectivity index (χ0) is 22.0. The predicted molar refractivity (Wildman–Crippen MR) is 127 cm³/mol. The minimum Gasteiger partial charge on any atom is -0.369 e. The summed E-state index contributed by atoms with van der Waals surface area (Å²) in [5.74, 6) is -1.10. The van der Waals surface area contributed by atoms with Crippen LogP contribution in [-0.2, 0) is 0 Å². The Kier molecular flexibility index (Phi) is 8.11. The fraction of sp³-hybridized carbons (Fsp3) is 0.273. The molecule has 1 saturated heterocycles. The molecular formula is C22H22Cl3F2N5. The van der Waals surface area contributed by atoms with Crippen LogP contribution in [0.1, 0.15) is 11.3 Å². The molecule has 4 rings (SSSR count). The molecule has 3 heterocycles. The van der Waals surface area contributed by atoms with Crippen LogP contribution < -0.4 is 4.90 Å². The second-order valence-corrected chi connectivity index (χ2v) is 8.18. The summed E-state index contributed by atoms with van der Waals surface area (Å²) in [7, 11) is 0. The molecule has 3 aromatic rings. The molecule has 1 fully saturated rings. The van der Waals surface area contributed by atoms with Gasteiger partial charge in [0.15, 0.2) is 0 Å². The number of nitrogens with zero attached hydrogens (tertiary/aromatic N) is 5. The Morgan fingerprint density at radius 3 is 2.22 bits per heavy atom. The van der Waals surface area contributed by atoms with Gasteiger partial charge in [0.1, 0.15) is 17.3 Å². The maximum Gasteiger partial charge on any atom is 0.128 e. The first-order chi connectivity index (χ1) is 14.9. The van der Waals surface area contributed by atoms with E-state index in [2.05, 4.69) is 21.1 Å². The van der Waals surface area contributed by atoms with Crippen LogP contribution in [0.3, 0.4) is 0 Å². The molecule has 0 aliphatic carbocycles. The number of anilines is 1. The van der Waals surface area contributed by atoms with Gasteiger partial charge in [0.05, 0.1) is 16.2 Å². The third-order valence-electron chi connectivity index (χ3n) is 5.33. The summed E-state index contributed by atoms with van der Waals surface area (Å²) < 4.78 is 28.6. The van der Waals surface area contributed by atoms with Crippen molar-refractivity contribution in [1.29, 1.82) is 0 Å². The predicted octanol–water partition coefficient (Wildman–Crippen LogP) is 5.42. The standard InChI is InChI=1S/C22H21Cl2F2N5.ClH/c1-15-16(12-28-31(15)22-20(23)13-27-14-21(22)24)3-2-4-29-5-7-30(8-6-29)19-10-17(25)9-18(26)11-19;/h2-3,9-14H,4-8H2,1H3;1H. The average molecular weight is 501 g/mol. The Bertz CT molecular complexity index is 1070. The average Bonchev–Trinajstić information content (AvgIpc) is 3.08. The summed E-state index contributed by atoms with van der Waals surface area (Å²) in [5, 5.41) is 5.29. The van der Waals surface area contributed by atoms with Crippen molar-refractivity contribution in [3.63, 3.8) is 0 Å². The van der Waals surface area contributed by atoms with Gasteiger partial charge >= 0.3 is 0 Å². The van der Waals surface area contributed by atoms with Crippen molar-refractivity contribution < 1.29 is 8.78 Å². The quantitative estimate of drug-likeness (QED) is 0.469. The minimum absolute atomic E-state index is 0. The first-order valence-corrected chi connectivity index (χ1v) is 10.6. The van der Waals surface area contributed by atoms with E-state index in [1.54, 1.807) is 10.9 Å². The molecule has 2 aromatic heterocycles. The Balaban J connectivity index is 0.00000289. The van der Waals surface area contributed by atoms with Crippen LogP contribution >= 0.6 is 35.6 Å². The summed E-state index contributed by atoms with van der Waals surface area (Å²) in [4.78, 5) is 8.27. The Labute approximate surface area is 201 Å². The van der Waals surface area contributed by atoms with Crippen LogP contribution in [0.2, 0.25) is 10.0 Å². The van der Waals surface area contributed by atoms with Crippen LogP contribution in [-0.4, -0.2) is 52.4 Å². The fourth-order valence-electron chi connectivity index (χ4n) is 3.66. The number of piperazine rings is 1. The van der Waals surface area contributed by atoms with E-state index in [0.29, 0.717) is 34.5 Å². The van der Waals surface area contributed by atoms with Crippen LogP contribution in [0.4, 0.5) is 14.5 Å². The van der Waals surface area contributed by atoms with E-state index in [1.807, 2.05) is 17.9 Å². The maximum absolute atomic E-state index is 13.5. The van der Waals surface area contributed by atoms with Crippen molar-refractivity contribution in [2.24, 2.45) is 0 Å². The largest absolute Gasteiger partial charge is 0.369 e. The Morgan fingerprint density at radius 2 is 1.59 bits per heavy atom. The lowest BCUT2D eigenvalue weighted by atomic mass is 10.2. The molecule has 0 N–H and O–H groups in total. The van der Waals surface area contributed by atoms with Gasteiger partial charge in [0.2, 0.25) is 0 Å². The molecule has 1 aliphatic rings. The molecule has 0 saturated carbocycles. The zero-order valence-electron chi connectivity index (χ0n) is 17.3. The molecule has 5 nitrogen and oxygen atoms in total. The molecule has 0 atom stereocenters. The van der Waals surface area contributed by atoms with Crippen molar-refractivity contribution >= 4 is 47.4 Å². The molecule has 32 heavy (non-hydrogen) atoms. The highest BCUT2D eigenvalue weighted by atomic mass is 35.5. The molecule has 0 radical (unpaired) electrons. The first kappa shape index (κ1) is 24.5. The van der Waals surface area contributed by atoms with Gasteiger partial charge in [0, 0.05) is 68.1 Å². The van der Waals surface area contributed by atoms with Gasteiger partial charge in [-0.25, -0.2) is 13.5 Å². The molecular weight excluding hydrogens is 479 g/mol. The number of aromatic nitrogens is 3. The van der Waals surface area contributed by atoms with Gasteiger partial charge in [-0.3, -0.25) is 9.88 Å². The molecule has 170 valence electrons. The highest BCUT2D eigenvalue weighted by molar-refractivity contribution is 6.37. The smallest absolute Gasteiger partial charge is 0.128 e. The maximum atomic E-state index is 13.5. The summed E-state index contributed by atoms with van der Waals surface area (Å²) in [6.45, 7) is 5.77. The van der Waals surface area contributed by atoms with Crippen molar-refractivity contribution in [3.8, 4) is 5.69 Å². The van der Waals surface area contributed by atoms with E-state index >= 15 is 0 Å². The van der Waals surface area contributed by atoms with Crippen molar-refractivity contribution in [1.82, 2.24) is 19.7 Å². The molecule has 0 unspecified atom stereocenters. The number of hydrogen-bond donors (Lipinski definition) is 0. The van der Waals surface area contributed by atoms with Gasteiger partial charge in [-0.05, 0) is 19.1 Å². The summed E-state index contributed by atoms with van der Waals surface area (Å²) in [6, 6.07) is 3.64. The molecule has 1 aliphatic heterocycles. The topological polar surface area (TPSA) is 37.2 Å². The van der Waals surface area contributed by atoms with Crippen molar-refractivity contribution in [2.75, 3.05) is 37.6 Å². The Morgan fingerprint density at radius 1 is 0.969 bits per heavy atom. The second-order valence-electron chi connectivity index (χ2n) is 7.37. The monoisotopic (exact) mass is 499 g/mol. The van der Waals surface area contributed by atoms with E-state index in [1.165, 1.54) is 24.5 Å². The van der Waals surface area contributed by atoms with Crippen LogP contribution in [0.15, 0.2) is 42.9 Å². The van der Waals surface area contributed by atoms with E-state index in [9.17, 15) is 8.78 Å². The summed E-state index contributed by atoms with van der Waals surface area (Å²) in [6.07, 6.45) is 8.96. The summed E-state index contributed by atoms with van der Waals surface area (Å²) >= 11 is 12.5. The molecule has 1 aromatic carbocycles. The number of hydrogen-bond acceptors (Lipinski definition) is 4. The highest BCUT2D eigenvalue weighted by Gasteiger charge is 2.18. The third kappa shape index (κ3) is 5.41. The molecule has 0 amide bonds. The molecule has 10 heteroatoms. The van der Waals surface area contributed by atoms with Crippen molar-refractivity contribution in [3.05, 3.63) is 75.8 Å². The third-order valence-corrected chi connectivity index (χ3v) is 5.89. The van der Waals surface area contributed by atoms with Gasteiger partial charge in [-0.1, -0.05) is 35.4 Å². The lowest BCUT2D eigenvalue weighted by molar-refractivity contribution is 0.284. The number of pyridine rings is 1. The van der Waals surface area contributed by atoms with Gasteiger partial charge < -0.3 is 4.90 Å². The van der Waals surface area contributed by atoms with Crippen LogP contribution in [0, 0.1) is 18.6 Å². The van der Waals surface area contributed by atoms with E-state index in [-0.39, 0.29) is 12.4 Å². The van der Waals surface area contributed by atoms with Crippen molar-refractivity contribution in [2.45, 2.75) is 6.92 Å². The van der Waals surface area contributed by atoms with Gasteiger partial charge in [-0.15, -0.1) is 12.4 Å². The highest BCUT2D eigenvalue weighted by Crippen LogP contribution is 2.28. The number of halogens is 5. The van der Waals surface area contributed by atoms with Gasteiger partial charge in [-0.2, -0.15) is 5.10 Å². The van der Waals surface area contributed by atoms with E-state index < -0.39 is 11.6 Å². The zero-order valence-corrected chi connectivity index (χ0v) is 19.6. The SMILES string of the molecule is Cc1c(C=CCN2CCN(c3cc(F)cc(F)c3)CC2)cnn1-c1c(Cl)cncc1Cl.Cl. The minimum atomic E-state index is -0.550. The fourth-order valence-corrected chi connectivity index (χ4v) is 4.18. The molecule has 0 spiro atoms. The van der Waals surface area contributed by atoms with E-state index in [4.69, 9.17) is 23.2 Å².